The number of benzene rings is 1. The lowest BCUT2D eigenvalue weighted by molar-refractivity contribution is 0.238. The molecular weight excluding hydrogens is 199 g/mol. The van der Waals surface area contributed by atoms with Crippen molar-refractivity contribution in [1.29, 1.82) is 0 Å². The zero-order valence-corrected chi connectivity index (χ0v) is 7.20. The first-order valence-electron chi connectivity index (χ1n) is 3.31. The predicted molar refractivity (Wildman–Crippen MR) is 42.9 cm³/mol. The van der Waals surface area contributed by atoms with Crippen molar-refractivity contribution >= 4 is 10.1 Å². The molecule has 0 aromatic heterocycles. The largest absolute Gasteiger partial charge is 0.371 e. The van der Waals surface area contributed by atoms with Crippen LogP contribution in [0.2, 0.25) is 0 Å². The highest BCUT2D eigenvalue weighted by Crippen LogP contribution is 2.18. The number of aliphatic hydroxyl groups is 1. The molecule has 1 unspecified atom stereocenters. The fourth-order valence-electron chi connectivity index (χ4n) is 0.832. The van der Waals surface area contributed by atoms with Gasteiger partial charge in [-0.25, -0.2) is 4.39 Å². The maximum Gasteiger partial charge on any atom is 0.296 e. The van der Waals surface area contributed by atoms with Gasteiger partial charge in [-0.15, -0.1) is 0 Å². The fourth-order valence-corrected chi connectivity index (χ4v) is 1.32. The first-order chi connectivity index (χ1) is 5.91. The number of hydrogen-bond donors (Lipinski definition) is 2. The molecule has 1 atom stereocenters. The van der Waals surface area contributed by atoms with Crippen molar-refractivity contribution in [2.24, 2.45) is 0 Å². The molecule has 0 fully saturated rings. The summed E-state index contributed by atoms with van der Waals surface area (Å²) in [5.74, 6) is -0.680. The molecule has 4 nitrogen and oxygen atoms in total. The van der Waals surface area contributed by atoms with Crippen molar-refractivity contribution in [3.8, 4) is 0 Å². The first kappa shape index (κ1) is 10.1. The third kappa shape index (κ3) is 2.48. The smallest absolute Gasteiger partial charge is 0.296 e. The lowest BCUT2D eigenvalue weighted by atomic mass is 10.2. The van der Waals surface area contributed by atoms with Gasteiger partial charge < -0.3 is 5.11 Å². The molecule has 13 heavy (non-hydrogen) atoms. The Hall–Kier alpha value is -0.980. The van der Waals surface area contributed by atoms with Crippen LogP contribution >= 0.6 is 0 Å². The van der Waals surface area contributed by atoms with Gasteiger partial charge in [-0.3, -0.25) is 4.55 Å². The summed E-state index contributed by atoms with van der Waals surface area (Å²) in [6.45, 7) is 0. The number of halogens is 1. The average Bonchev–Trinajstić information content (AvgIpc) is 2.01. The van der Waals surface area contributed by atoms with Crippen molar-refractivity contribution in [2.45, 2.75) is 5.44 Å². The van der Waals surface area contributed by atoms with Crippen molar-refractivity contribution in [1.82, 2.24) is 0 Å². The maximum absolute atomic E-state index is 12.5. The highest BCUT2D eigenvalue weighted by atomic mass is 32.2. The molecule has 6 heteroatoms. The summed E-state index contributed by atoms with van der Waals surface area (Å²) < 4.78 is 41.8. The van der Waals surface area contributed by atoms with E-state index in [2.05, 4.69) is 0 Å². The number of aliphatic hydroxyl groups excluding tert-OH is 1. The summed E-state index contributed by atoms with van der Waals surface area (Å²) in [6.07, 6.45) is 0. The van der Waals surface area contributed by atoms with Crippen molar-refractivity contribution < 1.29 is 22.5 Å². The van der Waals surface area contributed by atoms with Crippen molar-refractivity contribution in [3.05, 3.63) is 35.6 Å². The van der Waals surface area contributed by atoms with Crippen LogP contribution in [0.4, 0.5) is 4.39 Å². The molecule has 0 bridgehead atoms. The van der Waals surface area contributed by atoms with Gasteiger partial charge in [-0.1, -0.05) is 12.1 Å². The van der Waals surface area contributed by atoms with Crippen LogP contribution in [-0.2, 0) is 10.1 Å². The lowest BCUT2D eigenvalue weighted by Crippen LogP contribution is -2.11. The van der Waals surface area contributed by atoms with Crippen LogP contribution in [0.15, 0.2) is 24.3 Å². The molecule has 2 N–H and O–H groups in total. The third-order valence-electron chi connectivity index (χ3n) is 1.42. The Balaban J connectivity index is 3.10. The molecule has 1 aromatic carbocycles. The number of rotatable bonds is 2. The Morgan fingerprint density at radius 2 is 2.00 bits per heavy atom. The van der Waals surface area contributed by atoms with Gasteiger partial charge in [0.1, 0.15) is 5.82 Å². The minimum absolute atomic E-state index is 0.206. The Morgan fingerprint density at radius 1 is 1.38 bits per heavy atom. The topological polar surface area (TPSA) is 74.6 Å². The Labute approximate surface area is 74.4 Å². The van der Waals surface area contributed by atoms with Gasteiger partial charge in [-0.2, -0.15) is 8.42 Å². The van der Waals surface area contributed by atoms with Gasteiger partial charge in [-0.05, 0) is 12.1 Å². The standard InChI is InChI=1S/C7H7FO4S/c8-6-3-1-2-5(4-6)7(9)13(10,11)12/h1-4,7,9H,(H,10,11,12). The summed E-state index contributed by atoms with van der Waals surface area (Å²) >= 11 is 0. The highest BCUT2D eigenvalue weighted by Gasteiger charge is 2.21. The quantitative estimate of drug-likeness (QED) is 0.698. The van der Waals surface area contributed by atoms with Crippen LogP contribution in [0.3, 0.4) is 0 Å². The molecule has 0 aliphatic heterocycles. The molecule has 0 saturated heterocycles. The minimum Gasteiger partial charge on any atom is -0.371 e. The van der Waals surface area contributed by atoms with Gasteiger partial charge in [0, 0.05) is 5.56 Å². The Morgan fingerprint density at radius 3 is 2.46 bits per heavy atom. The highest BCUT2D eigenvalue weighted by molar-refractivity contribution is 7.85. The van der Waals surface area contributed by atoms with E-state index in [4.69, 9.17) is 9.66 Å². The van der Waals surface area contributed by atoms with Gasteiger partial charge in [0.25, 0.3) is 10.1 Å². The molecule has 72 valence electrons. The summed E-state index contributed by atoms with van der Waals surface area (Å²) in [5.41, 5.74) is -2.30. The van der Waals surface area contributed by atoms with Crippen molar-refractivity contribution in [3.63, 3.8) is 0 Å². The zero-order valence-electron chi connectivity index (χ0n) is 6.38. The molecule has 1 rings (SSSR count). The van der Waals surface area contributed by atoms with E-state index in [9.17, 15) is 12.8 Å². The van der Waals surface area contributed by atoms with Crippen molar-refractivity contribution in [2.75, 3.05) is 0 Å². The van der Waals surface area contributed by atoms with Crippen LogP contribution in [0.1, 0.15) is 11.0 Å². The maximum atomic E-state index is 12.5. The molecular formula is C7H7FO4S. The molecule has 0 aliphatic carbocycles. The van der Waals surface area contributed by atoms with Crippen LogP contribution < -0.4 is 0 Å². The SMILES string of the molecule is O=S(=O)(O)C(O)c1cccc(F)c1. The Bertz CT molecular complexity index is 401. The number of hydrogen-bond acceptors (Lipinski definition) is 3. The minimum atomic E-state index is -4.58. The van der Waals surface area contributed by atoms with E-state index in [0.29, 0.717) is 0 Å². The van der Waals surface area contributed by atoms with Crippen LogP contribution in [0, 0.1) is 5.82 Å². The lowest BCUT2D eigenvalue weighted by Gasteiger charge is -2.06. The van der Waals surface area contributed by atoms with Gasteiger partial charge >= 0.3 is 0 Å². The van der Waals surface area contributed by atoms with Crippen LogP contribution in [-0.4, -0.2) is 18.1 Å². The van der Waals surface area contributed by atoms with Crippen LogP contribution in [0.5, 0.6) is 0 Å². The van der Waals surface area contributed by atoms with Gasteiger partial charge in [0.05, 0.1) is 0 Å². The second-order valence-corrected chi connectivity index (χ2v) is 3.90. The molecule has 0 spiro atoms. The fraction of sp³-hybridized carbons (Fsp3) is 0.143. The van der Waals surface area contributed by atoms with Crippen LogP contribution in [0.25, 0.3) is 0 Å². The second-order valence-electron chi connectivity index (χ2n) is 2.42. The molecule has 0 radical (unpaired) electrons. The summed E-state index contributed by atoms with van der Waals surface area (Å²) in [4.78, 5) is 0. The first-order valence-corrected chi connectivity index (χ1v) is 4.81. The predicted octanol–water partition coefficient (Wildman–Crippen LogP) is 0.704. The zero-order chi connectivity index (χ0) is 10.1. The summed E-state index contributed by atoms with van der Waals surface area (Å²) in [6, 6.07) is 4.36. The van der Waals surface area contributed by atoms with E-state index in [1.54, 1.807) is 0 Å². The van der Waals surface area contributed by atoms with E-state index in [0.717, 1.165) is 12.1 Å². The van der Waals surface area contributed by atoms with Gasteiger partial charge in [0.15, 0.2) is 0 Å². The van der Waals surface area contributed by atoms with E-state index in [1.807, 2.05) is 0 Å². The van der Waals surface area contributed by atoms with E-state index in [1.165, 1.54) is 12.1 Å². The molecule has 0 aliphatic rings. The van der Waals surface area contributed by atoms with E-state index >= 15 is 0 Å². The molecule has 0 heterocycles. The average molecular weight is 206 g/mol. The summed E-state index contributed by atoms with van der Waals surface area (Å²) in [7, 11) is -4.58. The Kier molecular flexibility index (Phi) is 2.65. The molecule has 0 saturated carbocycles. The second kappa shape index (κ2) is 3.41. The van der Waals surface area contributed by atoms with E-state index in [-0.39, 0.29) is 5.56 Å². The molecule has 1 aromatic rings. The van der Waals surface area contributed by atoms with E-state index < -0.39 is 21.4 Å². The third-order valence-corrected chi connectivity index (χ3v) is 2.25. The summed E-state index contributed by atoms with van der Waals surface area (Å²) in [5, 5.41) is 8.98. The monoisotopic (exact) mass is 206 g/mol. The molecule has 0 amide bonds. The normalized spacial score (nSPS) is 14.1. The van der Waals surface area contributed by atoms with Gasteiger partial charge in [0.2, 0.25) is 5.44 Å².